The molecular weight excluding hydrogens is 259 g/mol. The summed E-state index contributed by atoms with van der Waals surface area (Å²) in [4.78, 5) is 0. The van der Waals surface area contributed by atoms with Crippen molar-refractivity contribution < 1.29 is 0 Å². The van der Waals surface area contributed by atoms with Gasteiger partial charge in [-0.25, -0.2) is 0 Å². The topological polar surface area (TPSA) is 0 Å². The van der Waals surface area contributed by atoms with Crippen molar-refractivity contribution in [3.63, 3.8) is 0 Å². The predicted octanol–water partition coefficient (Wildman–Crippen LogP) is 1.73. The molecule has 0 spiro atoms. The number of hydrogen-bond donors (Lipinski definition) is 0. The summed E-state index contributed by atoms with van der Waals surface area (Å²) >= 11 is 5.34. The van der Waals surface area contributed by atoms with Gasteiger partial charge in [0.15, 0.2) is 0 Å². The number of hydrogen-bond acceptors (Lipinski definition) is 0. The zero-order valence-corrected chi connectivity index (χ0v) is 8.47. The molecule has 0 saturated heterocycles. The van der Waals surface area contributed by atoms with Crippen LogP contribution in [0.25, 0.3) is 0 Å². The zero-order chi connectivity index (χ0) is 7.40. The molecule has 0 amide bonds. The maximum atomic E-state index is 5.68. The van der Waals surface area contributed by atoms with Gasteiger partial charge in [-0.2, -0.15) is 0 Å². The zero-order valence-electron chi connectivity index (χ0n) is 5.38. The summed E-state index contributed by atoms with van der Waals surface area (Å²) in [6, 6.07) is 10.2. The second kappa shape index (κ2) is 4.03. The van der Waals surface area contributed by atoms with Crippen LogP contribution in [0, 0.1) is 0 Å². The third-order valence-electron chi connectivity index (χ3n) is 0.972. The second-order valence-corrected chi connectivity index (χ2v) is 6.26. The molecule has 0 unspecified atom stereocenters. The molecule has 2 heteroatoms. The molecule has 0 aliphatic heterocycles. The van der Waals surface area contributed by atoms with Gasteiger partial charge in [0.1, 0.15) is 0 Å². The van der Waals surface area contributed by atoms with Crippen molar-refractivity contribution in [1.29, 1.82) is 0 Å². The SMILES string of the molecule is C=C(Cl)[Te]c1ccccc1. The van der Waals surface area contributed by atoms with E-state index in [0.717, 1.165) is 3.08 Å². The van der Waals surface area contributed by atoms with Crippen LogP contribution in [0.4, 0.5) is 0 Å². The molecule has 0 bridgehead atoms. The van der Waals surface area contributed by atoms with E-state index in [1.807, 2.05) is 18.2 Å². The van der Waals surface area contributed by atoms with Crippen LogP contribution in [-0.2, 0) is 0 Å². The normalized spacial score (nSPS) is 9.30. The van der Waals surface area contributed by atoms with Gasteiger partial charge in [-0.1, -0.05) is 0 Å². The molecule has 1 aromatic rings. The molecule has 52 valence electrons. The molecule has 0 nitrogen and oxygen atoms in total. The van der Waals surface area contributed by atoms with Crippen LogP contribution in [0.3, 0.4) is 0 Å². The predicted molar refractivity (Wildman–Crippen MR) is 46.8 cm³/mol. The average molecular weight is 266 g/mol. The number of benzene rings is 1. The molecule has 0 saturated carbocycles. The average Bonchev–Trinajstić information content (AvgIpc) is 1.88. The number of halogens is 1. The van der Waals surface area contributed by atoms with Crippen molar-refractivity contribution in [3.05, 3.63) is 40.0 Å². The summed E-state index contributed by atoms with van der Waals surface area (Å²) in [6.45, 7) is 3.67. The van der Waals surface area contributed by atoms with Crippen molar-refractivity contribution in [2.75, 3.05) is 0 Å². The van der Waals surface area contributed by atoms with Crippen LogP contribution in [0.15, 0.2) is 40.0 Å². The van der Waals surface area contributed by atoms with Crippen molar-refractivity contribution in [2.45, 2.75) is 0 Å². The molecule has 0 atom stereocenters. The van der Waals surface area contributed by atoms with Crippen LogP contribution >= 0.6 is 11.6 Å². The molecule has 0 aromatic heterocycles. The van der Waals surface area contributed by atoms with Gasteiger partial charge in [-0.05, 0) is 0 Å². The maximum absolute atomic E-state index is 5.68. The first-order valence-electron chi connectivity index (χ1n) is 2.86. The summed E-state index contributed by atoms with van der Waals surface area (Å²) in [6.07, 6.45) is 0. The molecule has 0 N–H and O–H groups in total. The Hall–Kier alpha value is 0.0396. The number of rotatable bonds is 2. The summed E-state index contributed by atoms with van der Waals surface area (Å²) in [5, 5.41) is 0. The summed E-state index contributed by atoms with van der Waals surface area (Å²) < 4.78 is 2.16. The quantitative estimate of drug-likeness (QED) is 0.715. The Morgan fingerprint density at radius 3 is 2.40 bits per heavy atom. The standard InChI is InChI=1S/C8H7ClTe/c1-7(9)10-8-5-3-2-4-6-8/h2-6H,1H2. The molecular formula is C8H7ClTe. The Morgan fingerprint density at radius 1 is 1.30 bits per heavy atom. The van der Waals surface area contributed by atoms with Gasteiger partial charge < -0.3 is 0 Å². The van der Waals surface area contributed by atoms with Crippen LogP contribution in [-0.4, -0.2) is 20.9 Å². The fraction of sp³-hybridized carbons (Fsp3) is 0. The van der Waals surface area contributed by atoms with Gasteiger partial charge in [-0.3, -0.25) is 0 Å². The van der Waals surface area contributed by atoms with Crippen molar-refractivity contribution in [1.82, 2.24) is 0 Å². The molecule has 1 aromatic carbocycles. The molecule has 0 aliphatic carbocycles. The summed E-state index contributed by atoms with van der Waals surface area (Å²) in [7, 11) is 0. The minimum absolute atomic E-state index is 0.331. The van der Waals surface area contributed by atoms with E-state index < -0.39 is 0 Å². The van der Waals surface area contributed by atoms with E-state index in [0.29, 0.717) is 0 Å². The Bertz CT molecular complexity index is 218. The molecule has 0 aliphatic rings. The molecule has 0 heterocycles. The van der Waals surface area contributed by atoms with Gasteiger partial charge in [-0.15, -0.1) is 0 Å². The van der Waals surface area contributed by atoms with Crippen LogP contribution < -0.4 is 3.61 Å². The fourth-order valence-electron chi connectivity index (χ4n) is 0.616. The third kappa shape index (κ3) is 2.75. The molecule has 0 radical (unpaired) electrons. The van der Waals surface area contributed by atoms with Gasteiger partial charge in [0.05, 0.1) is 0 Å². The fourth-order valence-corrected chi connectivity index (χ4v) is 2.78. The van der Waals surface area contributed by atoms with Crippen LogP contribution in [0.5, 0.6) is 0 Å². The van der Waals surface area contributed by atoms with Crippen molar-refractivity contribution in [2.24, 2.45) is 0 Å². The van der Waals surface area contributed by atoms with E-state index in [-0.39, 0.29) is 20.9 Å². The van der Waals surface area contributed by atoms with E-state index >= 15 is 0 Å². The van der Waals surface area contributed by atoms with Gasteiger partial charge in [0, 0.05) is 0 Å². The third-order valence-corrected chi connectivity index (χ3v) is 3.57. The Morgan fingerprint density at radius 2 is 1.90 bits per heavy atom. The van der Waals surface area contributed by atoms with Crippen molar-refractivity contribution >= 4 is 36.1 Å². The molecule has 0 fully saturated rings. The van der Waals surface area contributed by atoms with E-state index in [2.05, 4.69) is 18.7 Å². The first-order chi connectivity index (χ1) is 4.79. The molecule has 1 rings (SSSR count). The van der Waals surface area contributed by atoms with Crippen molar-refractivity contribution in [3.8, 4) is 0 Å². The van der Waals surface area contributed by atoms with E-state index in [1.165, 1.54) is 3.61 Å². The van der Waals surface area contributed by atoms with Crippen LogP contribution in [0.1, 0.15) is 0 Å². The van der Waals surface area contributed by atoms with Gasteiger partial charge >= 0.3 is 76.1 Å². The second-order valence-electron chi connectivity index (χ2n) is 1.77. The first kappa shape index (κ1) is 8.14. The molecule has 10 heavy (non-hydrogen) atoms. The Labute approximate surface area is 76.0 Å². The van der Waals surface area contributed by atoms with Crippen LogP contribution in [0.2, 0.25) is 0 Å². The minimum atomic E-state index is -0.331. The summed E-state index contributed by atoms with van der Waals surface area (Å²) in [5.74, 6) is 0. The van der Waals surface area contributed by atoms with Gasteiger partial charge in [0.2, 0.25) is 0 Å². The Kier molecular flexibility index (Phi) is 3.28. The van der Waals surface area contributed by atoms with E-state index in [1.54, 1.807) is 0 Å². The summed E-state index contributed by atoms with van der Waals surface area (Å²) in [5.41, 5.74) is 0. The van der Waals surface area contributed by atoms with E-state index in [9.17, 15) is 0 Å². The van der Waals surface area contributed by atoms with E-state index in [4.69, 9.17) is 11.6 Å². The van der Waals surface area contributed by atoms with Gasteiger partial charge in [0.25, 0.3) is 0 Å². The first-order valence-corrected chi connectivity index (χ1v) is 5.57. The Balaban J connectivity index is 2.67. The monoisotopic (exact) mass is 268 g/mol.